The van der Waals surface area contributed by atoms with Crippen LogP contribution in [0.2, 0.25) is 6.32 Å². The molecule has 0 aromatic heterocycles. The number of carbonyl (C=O) groups excluding carboxylic acids is 1. The molecule has 2 fully saturated rings. The highest BCUT2D eigenvalue weighted by Gasteiger charge is 2.51. The van der Waals surface area contributed by atoms with Gasteiger partial charge in [-0.2, -0.15) is 0 Å². The van der Waals surface area contributed by atoms with Crippen molar-refractivity contribution in [2.45, 2.75) is 84.2 Å². The van der Waals surface area contributed by atoms with Gasteiger partial charge in [-0.25, -0.2) is 0 Å². The maximum absolute atomic E-state index is 12.1. The minimum Gasteiger partial charge on any atom is -0.469 e. The van der Waals surface area contributed by atoms with Gasteiger partial charge in [-0.05, 0) is 66.1 Å². The Hall–Kier alpha value is -0.545. The van der Waals surface area contributed by atoms with E-state index in [1.165, 1.54) is 7.11 Å². The SMILES string of the molecule is COC(=O)[C@@]1(C)CCC[C@H]1CCCB1OC(C)(C)C(C)(C)O1. The molecular formula is C17H31BO4. The lowest BCUT2D eigenvalue weighted by Crippen LogP contribution is -2.41. The van der Waals surface area contributed by atoms with Gasteiger partial charge in [0.05, 0.1) is 23.7 Å². The van der Waals surface area contributed by atoms with Gasteiger partial charge in [0.15, 0.2) is 0 Å². The fourth-order valence-corrected chi connectivity index (χ4v) is 3.82. The van der Waals surface area contributed by atoms with Crippen molar-refractivity contribution in [2.75, 3.05) is 7.11 Å². The van der Waals surface area contributed by atoms with E-state index in [0.717, 1.165) is 38.4 Å². The minimum atomic E-state index is -0.301. The Kier molecular flexibility index (Phi) is 4.98. The zero-order valence-corrected chi connectivity index (χ0v) is 15.0. The molecule has 0 N–H and O–H groups in total. The van der Waals surface area contributed by atoms with Crippen molar-refractivity contribution in [3.63, 3.8) is 0 Å². The zero-order valence-electron chi connectivity index (χ0n) is 15.0. The van der Waals surface area contributed by atoms with Gasteiger partial charge in [0, 0.05) is 0 Å². The summed E-state index contributed by atoms with van der Waals surface area (Å²) in [6, 6.07) is 0. The molecule has 1 aliphatic carbocycles. The van der Waals surface area contributed by atoms with E-state index < -0.39 is 0 Å². The predicted octanol–water partition coefficient (Wildman–Crippen LogP) is 3.84. The van der Waals surface area contributed by atoms with E-state index in [2.05, 4.69) is 34.6 Å². The Morgan fingerprint density at radius 1 is 1.18 bits per heavy atom. The first kappa shape index (κ1) is 17.8. The van der Waals surface area contributed by atoms with Crippen LogP contribution in [0.25, 0.3) is 0 Å². The van der Waals surface area contributed by atoms with Crippen LogP contribution < -0.4 is 0 Å². The van der Waals surface area contributed by atoms with Crippen molar-refractivity contribution >= 4 is 13.1 Å². The molecule has 1 saturated carbocycles. The molecule has 5 heteroatoms. The fraction of sp³-hybridized carbons (Fsp3) is 0.941. The summed E-state index contributed by atoms with van der Waals surface area (Å²) in [4.78, 5) is 12.1. The van der Waals surface area contributed by atoms with E-state index in [9.17, 15) is 4.79 Å². The third-order valence-electron chi connectivity index (χ3n) is 6.10. The molecule has 0 unspecified atom stereocenters. The summed E-state index contributed by atoms with van der Waals surface area (Å²) in [5.74, 6) is 0.369. The highest BCUT2D eigenvalue weighted by atomic mass is 16.7. The van der Waals surface area contributed by atoms with Crippen LogP contribution in [-0.2, 0) is 18.8 Å². The van der Waals surface area contributed by atoms with Crippen LogP contribution in [0.4, 0.5) is 0 Å². The summed E-state index contributed by atoms with van der Waals surface area (Å²) in [6.07, 6.45) is 6.13. The average Bonchev–Trinajstić information content (AvgIpc) is 2.88. The Bertz CT molecular complexity index is 405. The second kappa shape index (κ2) is 6.16. The number of hydrogen-bond donors (Lipinski definition) is 0. The van der Waals surface area contributed by atoms with Crippen LogP contribution in [0, 0.1) is 11.3 Å². The molecule has 0 radical (unpaired) electrons. The van der Waals surface area contributed by atoms with Gasteiger partial charge >= 0.3 is 13.1 Å². The maximum atomic E-state index is 12.1. The molecule has 1 saturated heterocycles. The van der Waals surface area contributed by atoms with Crippen LogP contribution in [0.3, 0.4) is 0 Å². The van der Waals surface area contributed by atoms with Crippen LogP contribution in [-0.4, -0.2) is 31.4 Å². The lowest BCUT2D eigenvalue weighted by molar-refractivity contribution is -0.154. The molecule has 1 heterocycles. The lowest BCUT2D eigenvalue weighted by Gasteiger charge is -2.32. The van der Waals surface area contributed by atoms with Crippen LogP contribution in [0.15, 0.2) is 0 Å². The molecule has 2 aliphatic rings. The van der Waals surface area contributed by atoms with Gasteiger partial charge in [0.2, 0.25) is 0 Å². The zero-order chi connectivity index (χ0) is 16.6. The molecule has 0 aromatic carbocycles. The van der Waals surface area contributed by atoms with Crippen molar-refractivity contribution in [3.05, 3.63) is 0 Å². The fourth-order valence-electron chi connectivity index (χ4n) is 3.82. The van der Waals surface area contributed by atoms with Crippen LogP contribution >= 0.6 is 0 Å². The van der Waals surface area contributed by atoms with Gasteiger partial charge in [-0.3, -0.25) is 4.79 Å². The maximum Gasteiger partial charge on any atom is 0.457 e. The Balaban J connectivity index is 1.83. The van der Waals surface area contributed by atoms with Crippen molar-refractivity contribution in [1.29, 1.82) is 0 Å². The van der Waals surface area contributed by atoms with E-state index in [1.807, 2.05) is 0 Å². The van der Waals surface area contributed by atoms with E-state index >= 15 is 0 Å². The highest BCUT2D eigenvalue weighted by Crippen LogP contribution is 2.47. The molecule has 0 amide bonds. The molecule has 0 aromatic rings. The number of ether oxygens (including phenoxy) is 1. The quantitative estimate of drug-likeness (QED) is 0.572. The van der Waals surface area contributed by atoms with Crippen LogP contribution in [0.5, 0.6) is 0 Å². The van der Waals surface area contributed by atoms with Crippen LogP contribution in [0.1, 0.15) is 66.7 Å². The van der Waals surface area contributed by atoms with E-state index in [-0.39, 0.29) is 29.7 Å². The number of hydrogen-bond acceptors (Lipinski definition) is 4. The standard InChI is InChI=1S/C17H31BO4/c1-15(2)16(3,4)22-18(21-15)12-8-10-13-9-7-11-17(13,5)14(19)20-6/h13H,7-12H2,1-6H3/t13-,17-/m0/s1. The Morgan fingerprint density at radius 3 is 2.32 bits per heavy atom. The molecular weight excluding hydrogens is 279 g/mol. The first-order chi connectivity index (χ1) is 10.1. The normalized spacial score (nSPS) is 33.2. The second-order valence-electron chi connectivity index (χ2n) is 8.11. The summed E-state index contributed by atoms with van der Waals surface area (Å²) in [5, 5.41) is 0. The summed E-state index contributed by atoms with van der Waals surface area (Å²) in [6.45, 7) is 10.4. The number of carbonyl (C=O) groups is 1. The van der Waals surface area contributed by atoms with E-state index in [4.69, 9.17) is 14.0 Å². The third kappa shape index (κ3) is 3.21. The molecule has 22 heavy (non-hydrogen) atoms. The average molecular weight is 310 g/mol. The molecule has 4 nitrogen and oxygen atoms in total. The van der Waals surface area contributed by atoms with E-state index in [1.54, 1.807) is 0 Å². The summed E-state index contributed by atoms with van der Waals surface area (Å²) < 4.78 is 17.1. The first-order valence-electron chi connectivity index (χ1n) is 8.56. The molecule has 1 aliphatic heterocycles. The Labute approximate surface area is 135 Å². The van der Waals surface area contributed by atoms with Gasteiger partial charge in [-0.1, -0.05) is 12.8 Å². The second-order valence-corrected chi connectivity index (χ2v) is 8.11. The van der Waals surface area contributed by atoms with Crippen molar-refractivity contribution in [3.8, 4) is 0 Å². The summed E-state index contributed by atoms with van der Waals surface area (Å²) >= 11 is 0. The Morgan fingerprint density at radius 2 is 1.77 bits per heavy atom. The molecule has 0 spiro atoms. The monoisotopic (exact) mass is 310 g/mol. The molecule has 126 valence electrons. The molecule has 2 atom stereocenters. The van der Waals surface area contributed by atoms with Gasteiger partial charge in [-0.15, -0.1) is 0 Å². The minimum absolute atomic E-state index is 0.0503. The number of methoxy groups -OCH3 is 1. The smallest absolute Gasteiger partial charge is 0.457 e. The highest BCUT2D eigenvalue weighted by molar-refractivity contribution is 6.45. The van der Waals surface area contributed by atoms with Gasteiger partial charge in [0.1, 0.15) is 0 Å². The van der Waals surface area contributed by atoms with Crippen molar-refractivity contribution in [1.82, 2.24) is 0 Å². The lowest BCUT2D eigenvalue weighted by atomic mass is 9.74. The van der Waals surface area contributed by atoms with Crippen molar-refractivity contribution < 1.29 is 18.8 Å². The molecule has 2 rings (SSSR count). The van der Waals surface area contributed by atoms with Crippen molar-refractivity contribution in [2.24, 2.45) is 11.3 Å². The number of rotatable bonds is 5. The largest absolute Gasteiger partial charge is 0.469 e. The summed E-state index contributed by atoms with van der Waals surface area (Å²) in [7, 11) is 1.36. The summed E-state index contributed by atoms with van der Waals surface area (Å²) in [5.41, 5.74) is -0.818. The molecule has 0 bridgehead atoms. The topological polar surface area (TPSA) is 44.8 Å². The number of esters is 1. The van der Waals surface area contributed by atoms with E-state index in [0.29, 0.717) is 5.92 Å². The predicted molar refractivity (Wildman–Crippen MR) is 87.6 cm³/mol. The third-order valence-corrected chi connectivity index (χ3v) is 6.10. The van der Waals surface area contributed by atoms with Gasteiger partial charge in [0.25, 0.3) is 0 Å². The van der Waals surface area contributed by atoms with Gasteiger partial charge < -0.3 is 14.0 Å². The first-order valence-corrected chi connectivity index (χ1v) is 8.56.